The fourth-order valence-electron chi connectivity index (χ4n) is 1.91. The van der Waals surface area contributed by atoms with Crippen LogP contribution in [0.3, 0.4) is 0 Å². The second-order valence-corrected chi connectivity index (χ2v) is 4.81. The number of hydrogen-bond donors (Lipinski definition) is 3. The molecule has 96 valence electrons. The largest absolute Gasteiger partial charge is 0.399 e. The van der Waals surface area contributed by atoms with Gasteiger partial charge in [0.2, 0.25) is 0 Å². The number of pyridine rings is 1. The molecule has 1 heterocycles. The number of nitrogen functional groups attached to an aromatic ring is 1. The summed E-state index contributed by atoms with van der Waals surface area (Å²) in [6, 6.07) is 7.62. The lowest BCUT2D eigenvalue weighted by molar-refractivity contribution is 0.249. The van der Waals surface area contributed by atoms with Gasteiger partial charge in [-0.05, 0) is 30.2 Å². The predicted molar refractivity (Wildman–Crippen MR) is 75.5 cm³/mol. The molecule has 0 bridgehead atoms. The smallest absolute Gasteiger partial charge is 0.0743 e. The van der Waals surface area contributed by atoms with E-state index in [2.05, 4.69) is 24.1 Å². The summed E-state index contributed by atoms with van der Waals surface area (Å²) in [4.78, 5) is 4.30. The molecule has 0 spiro atoms. The van der Waals surface area contributed by atoms with Crippen molar-refractivity contribution in [3.8, 4) is 0 Å². The molecule has 4 N–H and O–H groups in total. The third kappa shape index (κ3) is 2.54. The van der Waals surface area contributed by atoms with Crippen molar-refractivity contribution in [3.63, 3.8) is 0 Å². The molecule has 1 atom stereocenters. The predicted octanol–water partition coefficient (Wildman–Crippen LogP) is 2.25. The number of aliphatic hydroxyl groups is 1. The molecule has 4 heteroatoms. The van der Waals surface area contributed by atoms with E-state index in [1.54, 1.807) is 6.20 Å². The SMILES string of the molecule is CC(C)C(CO)Nc1ccnc2cc(N)ccc12. The molecule has 0 fully saturated rings. The van der Waals surface area contributed by atoms with Crippen LogP contribution in [-0.4, -0.2) is 22.7 Å². The van der Waals surface area contributed by atoms with Crippen LogP contribution < -0.4 is 11.1 Å². The Hall–Kier alpha value is -1.81. The van der Waals surface area contributed by atoms with Crippen molar-refractivity contribution in [2.24, 2.45) is 5.92 Å². The van der Waals surface area contributed by atoms with Gasteiger partial charge in [-0.2, -0.15) is 0 Å². The van der Waals surface area contributed by atoms with Gasteiger partial charge in [0.15, 0.2) is 0 Å². The van der Waals surface area contributed by atoms with E-state index in [4.69, 9.17) is 5.73 Å². The quantitative estimate of drug-likeness (QED) is 0.722. The summed E-state index contributed by atoms with van der Waals surface area (Å²) in [5, 5.41) is 13.8. The Labute approximate surface area is 107 Å². The molecule has 0 amide bonds. The number of rotatable bonds is 4. The van der Waals surface area contributed by atoms with Crippen LogP contribution in [0.2, 0.25) is 0 Å². The first-order chi connectivity index (χ1) is 8.61. The van der Waals surface area contributed by atoms with Gasteiger partial charge in [-0.15, -0.1) is 0 Å². The van der Waals surface area contributed by atoms with Crippen LogP contribution in [-0.2, 0) is 0 Å². The van der Waals surface area contributed by atoms with Crippen molar-refractivity contribution >= 4 is 22.3 Å². The molecule has 2 aromatic rings. The second-order valence-electron chi connectivity index (χ2n) is 4.81. The van der Waals surface area contributed by atoms with Crippen molar-refractivity contribution in [1.82, 2.24) is 4.98 Å². The zero-order chi connectivity index (χ0) is 13.1. The minimum absolute atomic E-state index is 0.0353. The van der Waals surface area contributed by atoms with Gasteiger partial charge in [-0.25, -0.2) is 0 Å². The highest BCUT2D eigenvalue weighted by atomic mass is 16.3. The summed E-state index contributed by atoms with van der Waals surface area (Å²) in [6.07, 6.45) is 1.75. The maximum absolute atomic E-state index is 9.38. The van der Waals surface area contributed by atoms with Crippen LogP contribution >= 0.6 is 0 Å². The summed E-state index contributed by atoms with van der Waals surface area (Å²) in [7, 11) is 0. The Balaban J connectivity index is 2.39. The standard InChI is InChI=1S/C14H19N3O/c1-9(2)14(8-18)17-12-5-6-16-13-7-10(15)3-4-11(12)13/h3-7,9,14,18H,8,15H2,1-2H3,(H,16,17). The third-order valence-electron chi connectivity index (χ3n) is 3.11. The molecular formula is C14H19N3O. The van der Waals surface area contributed by atoms with E-state index in [1.165, 1.54) is 0 Å². The second kappa shape index (κ2) is 5.23. The fourth-order valence-corrected chi connectivity index (χ4v) is 1.91. The number of anilines is 2. The Morgan fingerprint density at radius 3 is 2.78 bits per heavy atom. The van der Waals surface area contributed by atoms with Gasteiger partial charge in [-0.1, -0.05) is 13.8 Å². The van der Waals surface area contributed by atoms with Crippen molar-refractivity contribution < 1.29 is 5.11 Å². The Bertz CT molecular complexity index is 540. The molecule has 1 unspecified atom stereocenters. The van der Waals surface area contributed by atoms with Gasteiger partial charge in [0, 0.05) is 23.0 Å². The van der Waals surface area contributed by atoms with Crippen LogP contribution in [0.15, 0.2) is 30.5 Å². The highest BCUT2D eigenvalue weighted by Gasteiger charge is 2.13. The Morgan fingerprint density at radius 2 is 2.11 bits per heavy atom. The van der Waals surface area contributed by atoms with Crippen LogP contribution in [0.25, 0.3) is 10.9 Å². The van der Waals surface area contributed by atoms with Crippen LogP contribution in [0, 0.1) is 5.92 Å². The lowest BCUT2D eigenvalue weighted by atomic mass is 10.0. The van der Waals surface area contributed by atoms with Crippen LogP contribution in [0.4, 0.5) is 11.4 Å². The monoisotopic (exact) mass is 245 g/mol. The van der Waals surface area contributed by atoms with Gasteiger partial charge in [0.1, 0.15) is 0 Å². The maximum Gasteiger partial charge on any atom is 0.0743 e. The zero-order valence-electron chi connectivity index (χ0n) is 10.7. The molecule has 0 aliphatic rings. The average molecular weight is 245 g/mol. The van der Waals surface area contributed by atoms with E-state index in [0.29, 0.717) is 11.6 Å². The molecule has 4 nitrogen and oxygen atoms in total. The molecule has 0 aliphatic carbocycles. The lowest BCUT2D eigenvalue weighted by Crippen LogP contribution is -2.29. The van der Waals surface area contributed by atoms with Gasteiger partial charge < -0.3 is 16.2 Å². The van der Waals surface area contributed by atoms with Gasteiger partial charge in [-0.3, -0.25) is 4.98 Å². The van der Waals surface area contributed by atoms with E-state index in [1.807, 2.05) is 24.3 Å². The number of nitrogens with two attached hydrogens (primary N) is 1. The molecule has 0 aliphatic heterocycles. The normalized spacial score (nSPS) is 12.9. The van der Waals surface area contributed by atoms with E-state index < -0.39 is 0 Å². The molecule has 0 saturated heterocycles. The Kier molecular flexibility index (Phi) is 3.67. The molecular weight excluding hydrogens is 226 g/mol. The topological polar surface area (TPSA) is 71.2 Å². The van der Waals surface area contributed by atoms with Crippen LogP contribution in [0.1, 0.15) is 13.8 Å². The number of fused-ring (bicyclic) bond motifs is 1. The molecule has 0 saturated carbocycles. The molecule has 0 radical (unpaired) electrons. The summed E-state index contributed by atoms with van der Waals surface area (Å²) in [6.45, 7) is 4.26. The minimum atomic E-state index is 0.0353. The van der Waals surface area contributed by atoms with Crippen molar-refractivity contribution in [2.45, 2.75) is 19.9 Å². The summed E-state index contributed by atoms with van der Waals surface area (Å²) < 4.78 is 0. The number of hydrogen-bond acceptors (Lipinski definition) is 4. The van der Waals surface area contributed by atoms with Gasteiger partial charge in [0.25, 0.3) is 0 Å². The summed E-state index contributed by atoms with van der Waals surface area (Å²) in [5.74, 6) is 0.354. The first-order valence-corrected chi connectivity index (χ1v) is 6.13. The first kappa shape index (κ1) is 12.6. The molecule has 2 rings (SSSR count). The van der Waals surface area contributed by atoms with Gasteiger partial charge in [0.05, 0.1) is 18.2 Å². The van der Waals surface area contributed by atoms with E-state index in [9.17, 15) is 5.11 Å². The summed E-state index contributed by atoms with van der Waals surface area (Å²) >= 11 is 0. The highest BCUT2D eigenvalue weighted by Crippen LogP contribution is 2.24. The molecule has 1 aromatic heterocycles. The zero-order valence-corrected chi connectivity index (χ0v) is 10.7. The van der Waals surface area contributed by atoms with Crippen molar-refractivity contribution in [2.75, 3.05) is 17.7 Å². The van der Waals surface area contributed by atoms with E-state index in [-0.39, 0.29) is 12.6 Å². The van der Waals surface area contributed by atoms with E-state index >= 15 is 0 Å². The lowest BCUT2D eigenvalue weighted by Gasteiger charge is -2.22. The average Bonchev–Trinajstić information content (AvgIpc) is 2.35. The Morgan fingerprint density at radius 1 is 1.33 bits per heavy atom. The number of aromatic nitrogens is 1. The molecule has 18 heavy (non-hydrogen) atoms. The first-order valence-electron chi connectivity index (χ1n) is 6.13. The number of benzene rings is 1. The minimum Gasteiger partial charge on any atom is -0.399 e. The van der Waals surface area contributed by atoms with Crippen molar-refractivity contribution in [1.29, 1.82) is 0 Å². The molecule has 1 aromatic carbocycles. The number of aliphatic hydroxyl groups excluding tert-OH is 1. The fraction of sp³-hybridized carbons (Fsp3) is 0.357. The van der Waals surface area contributed by atoms with E-state index in [0.717, 1.165) is 16.6 Å². The number of nitrogens with zero attached hydrogens (tertiary/aromatic N) is 1. The van der Waals surface area contributed by atoms with Crippen molar-refractivity contribution in [3.05, 3.63) is 30.5 Å². The van der Waals surface area contributed by atoms with Crippen LogP contribution in [0.5, 0.6) is 0 Å². The third-order valence-corrected chi connectivity index (χ3v) is 3.11. The van der Waals surface area contributed by atoms with Gasteiger partial charge >= 0.3 is 0 Å². The number of nitrogens with one attached hydrogen (secondary N) is 1. The summed E-state index contributed by atoms with van der Waals surface area (Å²) in [5.41, 5.74) is 8.29. The highest BCUT2D eigenvalue weighted by molar-refractivity contribution is 5.92. The maximum atomic E-state index is 9.38.